The number of nitrogens with zero attached hydrogens (tertiary/aromatic N) is 1. The highest BCUT2D eigenvalue weighted by molar-refractivity contribution is 5.74. The Hall–Kier alpha value is -1.66. The Morgan fingerprint density at radius 2 is 1.91 bits per heavy atom. The van der Waals surface area contributed by atoms with Crippen molar-refractivity contribution >= 4 is 6.03 Å². The molecule has 6 heteroatoms. The van der Waals surface area contributed by atoms with E-state index in [1.807, 2.05) is 6.92 Å². The number of ether oxygens (including phenoxy) is 1. The van der Waals surface area contributed by atoms with E-state index in [0.29, 0.717) is 6.54 Å². The molecule has 1 aliphatic heterocycles. The number of nitrogens with one attached hydrogen (secondary N) is 2. The SMILES string of the molecule is C[C@H](NC(=O)NC[C@@H](C)N1CCOCC1)c1ccc(F)cc1. The van der Waals surface area contributed by atoms with Crippen molar-refractivity contribution in [3.63, 3.8) is 0 Å². The van der Waals surface area contributed by atoms with Gasteiger partial charge >= 0.3 is 6.03 Å². The molecule has 1 aliphatic rings. The van der Waals surface area contributed by atoms with Gasteiger partial charge in [-0.15, -0.1) is 0 Å². The predicted octanol–water partition coefficient (Wildman–Crippen LogP) is 1.91. The molecule has 2 rings (SSSR count). The van der Waals surface area contributed by atoms with Crippen LogP contribution in [0.25, 0.3) is 0 Å². The van der Waals surface area contributed by atoms with Crippen molar-refractivity contribution in [2.24, 2.45) is 0 Å². The molecule has 0 radical (unpaired) electrons. The first-order valence-electron chi connectivity index (χ1n) is 7.68. The first kappa shape index (κ1) is 16.7. The maximum atomic E-state index is 12.9. The van der Waals surface area contributed by atoms with Crippen LogP contribution in [0.4, 0.5) is 9.18 Å². The molecule has 22 heavy (non-hydrogen) atoms. The molecule has 0 saturated carbocycles. The molecule has 0 aromatic heterocycles. The fraction of sp³-hybridized carbons (Fsp3) is 0.562. The second-order valence-electron chi connectivity index (χ2n) is 5.62. The Kier molecular flexibility index (Phi) is 6.15. The predicted molar refractivity (Wildman–Crippen MR) is 83.2 cm³/mol. The normalized spacial score (nSPS) is 18.5. The molecular formula is C16H24FN3O2. The van der Waals surface area contributed by atoms with Crippen molar-refractivity contribution in [3.8, 4) is 0 Å². The molecule has 0 spiro atoms. The fourth-order valence-corrected chi connectivity index (χ4v) is 2.47. The van der Waals surface area contributed by atoms with Crippen LogP contribution < -0.4 is 10.6 Å². The molecule has 2 N–H and O–H groups in total. The molecule has 122 valence electrons. The van der Waals surface area contributed by atoms with Gasteiger partial charge in [-0.1, -0.05) is 12.1 Å². The highest BCUT2D eigenvalue weighted by Crippen LogP contribution is 2.12. The largest absolute Gasteiger partial charge is 0.379 e. The molecule has 0 bridgehead atoms. The summed E-state index contributed by atoms with van der Waals surface area (Å²) in [5, 5.41) is 5.74. The zero-order valence-corrected chi connectivity index (χ0v) is 13.1. The third-order valence-electron chi connectivity index (χ3n) is 3.94. The van der Waals surface area contributed by atoms with Crippen molar-refractivity contribution in [1.29, 1.82) is 0 Å². The molecule has 2 atom stereocenters. The summed E-state index contributed by atoms with van der Waals surface area (Å²) in [7, 11) is 0. The van der Waals surface area contributed by atoms with Gasteiger partial charge in [0.25, 0.3) is 0 Å². The monoisotopic (exact) mass is 309 g/mol. The molecule has 1 aromatic rings. The number of carbonyl (C=O) groups excluding carboxylic acids is 1. The summed E-state index contributed by atoms with van der Waals surface area (Å²) in [6.45, 7) is 7.85. The maximum absolute atomic E-state index is 12.9. The van der Waals surface area contributed by atoms with Gasteiger partial charge in [0.05, 0.1) is 19.3 Å². The third kappa shape index (κ3) is 4.96. The number of urea groups is 1. The standard InChI is InChI=1S/C16H24FN3O2/c1-12(20-7-9-22-10-8-20)11-18-16(21)19-13(2)14-3-5-15(17)6-4-14/h3-6,12-13H,7-11H2,1-2H3,(H2,18,19,21)/t12-,13+/m1/s1. The topological polar surface area (TPSA) is 53.6 Å². The lowest BCUT2D eigenvalue weighted by Gasteiger charge is -2.32. The molecule has 1 fully saturated rings. The third-order valence-corrected chi connectivity index (χ3v) is 3.94. The molecule has 1 aromatic carbocycles. The van der Waals surface area contributed by atoms with E-state index in [9.17, 15) is 9.18 Å². The Balaban J connectivity index is 1.73. The van der Waals surface area contributed by atoms with Crippen LogP contribution in [0.2, 0.25) is 0 Å². The van der Waals surface area contributed by atoms with Crippen LogP contribution in [0.1, 0.15) is 25.5 Å². The van der Waals surface area contributed by atoms with Gasteiger partial charge in [-0.3, -0.25) is 4.90 Å². The second kappa shape index (κ2) is 8.10. The van der Waals surface area contributed by atoms with E-state index < -0.39 is 0 Å². The molecule has 2 amide bonds. The van der Waals surface area contributed by atoms with E-state index in [0.717, 1.165) is 31.9 Å². The summed E-state index contributed by atoms with van der Waals surface area (Å²) >= 11 is 0. The van der Waals surface area contributed by atoms with Crippen molar-refractivity contribution in [2.75, 3.05) is 32.8 Å². The van der Waals surface area contributed by atoms with Gasteiger partial charge in [0.1, 0.15) is 5.82 Å². The van der Waals surface area contributed by atoms with Gasteiger partial charge in [0, 0.05) is 25.7 Å². The average Bonchev–Trinajstić information content (AvgIpc) is 2.54. The summed E-state index contributed by atoms with van der Waals surface area (Å²) in [4.78, 5) is 14.2. The molecule has 0 unspecified atom stereocenters. The zero-order chi connectivity index (χ0) is 15.9. The Morgan fingerprint density at radius 3 is 2.55 bits per heavy atom. The number of carbonyl (C=O) groups is 1. The lowest BCUT2D eigenvalue weighted by molar-refractivity contribution is 0.0209. The minimum atomic E-state index is -0.278. The summed E-state index contributed by atoms with van der Waals surface area (Å²) in [5.41, 5.74) is 0.873. The zero-order valence-electron chi connectivity index (χ0n) is 13.1. The highest BCUT2D eigenvalue weighted by atomic mass is 19.1. The molecular weight excluding hydrogens is 285 g/mol. The number of benzene rings is 1. The van der Waals surface area contributed by atoms with E-state index in [2.05, 4.69) is 22.5 Å². The first-order valence-corrected chi connectivity index (χ1v) is 7.68. The van der Waals surface area contributed by atoms with Gasteiger partial charge in [0.15, 0.2) is 0 Å². The summed E-state index contributed by atoms with van der Waals surface area (Å²) in [5.74, 6) is -0.278. The number of morpholine rings is 1. The van der Waals surface area contributed by atoms with Gasteiger partial charge in [0.2, 0.25) is 0 Å². The van der Waals surface area contributed by atoms with E-state index >= 15 is 0 Å². The van der Waals surface area contributed by atoms with Crippen LogP contribution in [-0.4, -0.2) is 49.8 Å². The number of rotatable bonds is 5. The highest BCUT2D eigenvalue weighted by Gasteiger charge is 2.17. The van der Waals surface area contributed by atoms with Crippen LogP contribution in [0.5, 0.6) is 0 Å². The lowest BCUT2D eigenvalue weighted by Crippen LogP contribution is -2.49. The van der Waals surface area contributed by atoms with E-state index in [1.54, 1.807) is 12.1 Å². The van der Waals surface area contributed by atoms with Gasteiger partial charge in [-0.05, 0) is 31.5 Å². The minimum absolute atomic E-state index is 0.167. The Morgan fingerprint density at radius 1 is 1.27 bits per heavy atom. The maximum Gasteiger partial charge on any atom is 0.315 e. The second-order valence-corrected chi connectivity index (χ2v) is 5.62. The van der Waals surface area contributed by atoms with Crippen LogP contribution in [-0.2, 0) is 4.74 Å². The Labute approximate surface area is 130 Å². The number of amides is 2. The van der Waals surface area contributed by atoms with Gasteiger partial charge < -0.3 is 15.4 Å². The number of hydrogen-bond acceptors (Lipinski definition) is 3. The van der Waals surface area contributed by atoms with Crippen molar-refractivity contribution < 1.29 is 13.9 Å². The Bertz CT molecular complexity index is 475. The van der Waals surface area contributed by atoms with Gasteiger partial charge in [-0.2, -0.15) is 0 Å². The molecule has 1 saturated heterocycles. The van der Waals surface area contributed by atoms with Crippen LogP contribution in [0.3, 0.4) is 0 Å². The van der Waals surface area contributed by atoms with E-state index in [1.165, 1.54) is 12.1 Å². The summed E-state index contributed by atoms with van der Waals surface area (Å²) in [6.07, 6.45) is 0. The molecule has 1 heterocycles. The van der Waals surface area contributed by atoms with Crippen molar-refractivity contribution in [2.45, 2.75) is 25.9 Å². The first-order chi connectivity index (χ1) is 10.6. The number of hydrogen-bond donors (Lipinski definition) is 2. The molecule has 5 nitrogen and oxygen atoms in total. The quantitative estimate of drug-likeness (QED) is 0.873. The minimum Gasteiger partial charge on any atom is -0.379 e. The summed E-state index contributed by atoms with van der Waals surface area (Å²) < 4.78 is 18.2. The van der Waals surface area contributed by atoms with Crippen molar-refractivity contribution in [3.05, 3.63) is 35.6 Å². The average molecular weight is 309 g/mol. The van der Waals surface area contributed by atoms with Crippen LogP contribution in [0, 0.1) is 5.82 Å². The molecule has 0 aliphatic carbocycles. The van der Waals surface area contributed by atoms with Gasteiger partial charge in [-0.25, -0.2) is 9.18 Å². The lowest BCUT2D eigenvalue weighted by atomic mass is 10.1. The van der Waals surface area contributed by atoms with E-state index in [4.69, 9.17) is 4.74 Å². The summed E-state index contributed by atoms with van der Waals surface area (Å²) in [6, 6.07) is 6.04. The van der Waals surface area contributed by atoms with Crippen LogP contribution in [0.15, 0.2) is 24.3 Å². The smallest absolute Gasteiger partial charge is 0.315 e. The van der Waals surface area contributed by atoms with Crippen LogP contribution >= 0.6 is 0 Å². The fourth-order valence-electron chi connectivity index (χ4n) is 2.47. The van der Waals surface area contributed by atoms with Crippen molar-refractivity contribution in [1.82, 2.24) is 15.5 Å². The van der Waals surface area contributed by atoms with E-state index in [-0.39, 0.29) is 23.9 Å². The number of halogens is 1.